The third-order valence-electron chi connectivity index (χ3n) is 9.93. The fraction of sp³-hybridized carbons (Fsp3) is 1.00. The Morgan fingerprint density at radius 1 is 0.273 bits per heavy atom. The molecule has 0 N–H and O–H groups in total. The van der Waals surface area contributed by atoms with E-state index in [2.05, 4.69) is 25.7 Å². The second-order valence-electron chi connectivity index (χ2n) is 15.3. The number of hydrogen-bond donors (Lipinski definition) is 1. The molecule has 0 aromatic heterocycles. The lowest BCUT2D eigenvalue weighted by atomic mass is 10.0. The quantitative estimate of drug-likeness (QED) is 0.0286. The summed E-state index contributed by atoms with van der Waals surface area (Å²) in [5.74, 6) is 1.07. The van der Waals surface area contributed by atoms with Crippen molar-refractivity contribution in [3.8, 4) is 0 Å². The van der Waals surface area contributed by atoms with E-state index in [4.69, 9.17) is 11.1 Å². The van der Waals surface area contributed by atoms with Gasteiger partial charge in [0.05, 0.1) is 0 Å². The molecule has 44 heavy (non-hydrogen) atoms. The highest BCUT2D eigenvalue weighted by Gasteiger charge is 2.15. The van der Waals surface area contributed by atoms with Crippen LogP contribution in [0.2, 0.25) is 19.1 Å². The van der Waals surface area contributed by atoms with Gasteiger partial charge in [-0.15, -0.1) is 0 Å². The van der Waals surface area contributed by atoms with Crippen LogP contribution in [0.3, 0.4) is 0 Å². The molecular formula is C41H85ClSSi. The van der Waals surface area contributed by atoms with Crippen LogP contribution < -0.4 is 0 Å². The van der Waals surface area contributed by atoms with Gasteiger partial charge in [-0.2, -0.15) is 23.7 Å². The molecule has 0 nitrogen and oxygen atoms in total. The second kappa shape index (κ2) is 38.3. The van der Waals surface area contributed by atoms with Gasteiger partial charge < -0.3 is 0 Å². The van der Waals surface area contributed by atoms with Crippen molar-refractivity contribution in [2.24, 2.45) is 0 Å². The van der Waals surface area contributed by atoms with E-state index in [0.29, 0.717) is 0 Å². The van der Waals surface area contributed by atoms with Crippen LogP contribution in [0.25, 0.3) is 0 Å². The summed E-state index contributed by atoms with van der Waals surface area (Å²) in [4.78, 5) is 0. The first kappa shape index (κ1) is 44.9. The van der Waals surface area contributed by atoms with Crippen LogP contribution in [0.15, 0.2) is 0 Å². The minimum absolute atomic E-state index is 1.07. The second-order valence-corrected chi connectivity index (χ2v) is 22.7. The van der Waals surface area contributed by atoms with Gasteiger partial charge in [-0.1, -0.05) is 244 Å². The summed E-state index contributed by atoms with van der Waals surface area (Å²) >= 11 is 10.7. The monoisotopic (exact) mass is 673 g/mol. The van der Waals surface area contributed by atoms with Crippen LogP contribution in [-0.2, 0) is 0 Å². The Labute approximate surface area is 292 Å². The molecule has 0 aliphatic heterocycles. The summed E-state index contributed by atoms with van der Waals surface area (Å²) in [6.07, 6.45) is 54.2. The van der Waals surface area contributed by atoms with Crippen LogP contribution >= 0.6 is 23.7 Å². The number of unbranched alkanes of at least 4 members (excludes halogenated alkanes) is 36. The van der Waals surface area contributed by atoms with Gasteiger partial charge >= 0.3 is 0 Å². The van der Waals surface area contributed by atoms with Crippen molar-refractivity contribution in [1.82, 2.24) is 0 Å². The highest BCUT2D eigenvalue weighted by Crippen LogP contribution is 2.20. The minimum Gasteiger partial charge on any atom is -0.179 e. The van der Waals surface area contributed by atoms with Crippen molar-refractivity contribution in [3.05, 3.63) is 0 Å². The van der Waals surface area contributed by atoms with E-state index in [1.54, 1.807) is 0 Å². The van der Waals surface area contributed by atoms with Crippen LogP contribution in [-0.4, -0.2) is 13.1 Å². The zero-order valence-corrected chi connectivity index (χ0v) is 33.6. The summed E-state index contributed by atoms with van der Waals surface area (Å²) < 4.78 is 0. The van der Waals surface area contributed by atoms with Gasteiger partial charge in [0.15, 0.2) is 0 Å². The molecule has 0 saturated carbocycles. The van der Waals surface area contributed by atoms with E-state index in [9.17, 15) is 0 Å². The molecule has 266 valence electrons. The standard InChI is InChI=1S/C41H85ClSSi/c1-44(2,42)41-39-37-35-33-31-29-27-25-23-21-19-17-15-13-11-9-7-5-3-4-6-8-10-12-14-16-18-20-22-24-26-28-30-32-34-36-38-40-43/h43H,3-41H2,1-2H3. The zero-order chi connectivity index (χ0) is 32.1. The Hall–Kier alpha value is 0.857. The van der Waals surface area contributed by atoms with Gasteiger partial charge in [0, 0.05) is 0 Å². The summed E-state index contributed by atoms with van der Waals surface area (Å²) in [5.41, 5.74) is 0. The number of hydrogen-bond acceptors (Lipinski definition) is 1. The van der Waals surface area contributed by atoms with Crippen molar-refractivity contribution < 1.29 is 0 Å². The van der Waals surface area contributed by atoms with Gasteiger partial charge in [0.2, 0.25) is 0 Å². The van der Waals surface area contributed by atoms with Crippen LogP contribution in [0, 0.1) is 0 Å². The molecule has 0 fully saturated rings. The molecule has 0 saturated heterocycles. The number of rotatable bonds is 39. The zero-order valence-electron chi connectivity index (χ0n) is 30.9. The summed E-state index contributed by atoms with van der Waals surface area (Å²) in [6, 6.07) is 1.30. The molecule has 0 aliphatic carbocycles. The third-order valence-corrected chi connectivity index (χ3v) is 12.4. The van der Waals surface area contributed by atoms with Gasteiger partial charge in [0.25, 0.3) is 0 Å². The molecule has 0 spiro atoms. The molecule has 0 aromatic carbocycles. The SMILES string of the molecule is C[Si](C)(Cl)CCCCCCCCCCCCCCCCCCCCCCCCCCCCCCCCCCCCCCCS. The summed E-state index contributed by atoms with van der Waals surface area (Å²) in [5, 5.41) is 0. The topological polar surface area (TPSA) is 0 Å². The smallest absolute Gasteiger partial charge is 0.150 e. The van der Waals surface area contributed by atoms with Crippen LogP contribution in [0.5, 0.6) is 0 Å². The molecule has 3 heteroatoms. The van der Waals surface area contributed by atoms with Crippen molar-refractivity contribution in [3.63, 3.8) is 0 Å². The maximum absolute atomic E-state index is 6.40. The Kier molecular flexibility index (Phi) is 39.1. The minimum atomic E-state index is -1.31. The fourth-order valence-corrected chi connectivity index (χ4v) is 8.56. The lowest BCUT2D eigenvalue weighted by Gasteiger charge is -2.11. The average molecular weight is 674 g/mol. The van der Waals surface area contributed by atoms with Crippen molar-refractivity contribution >= 4 is 31.1 Å². The molecule has 0 amide bonds. The van der Waals surface area contributed by atoms with Crippen molar-refractivity contribution in [2.45, 2.75) is 257 Å². The Morgan fingerprint density at radius 3 is 0.545 bits per heavy atom. The third kappa shape index (κ3) is 42.9. The molecule has 0 aliphatic rings. The first-order chi connectivity index (χ1) is 21.6. The van der Waals surface area contributed by atoms with E-state index >= 15 is 0 Å². The van der Waals surface area contributed by atoms with Crippen molar-refractivity contribution in [1.29, 1.82) is 0 Å². The lowest BCUT2D eigenvalue weighted by molar-refractivity contribution is 0.510. The number of thiol groups is 1. The highest BCUT2D eigenvalue weighted by atomic mass is 35.6. The Morgan fingerprint density at radius 2 is 0.409 bits per heavy atom. The van der Waals surface area contributed by atoms with E-state index in [-0.39, 0.29) is 0 Å². The predicted molar refractivity (Wildman–Crippen MR) is 213 cm³/mol. The Balaban J connectivity index is 3.05. The number of halogens is 1. The van der Waals surface area contributed by atoms with E-state index in [1.165, 1.54) is 244 Å². The normalized spacial score (nSPS) is 12.0. The highest BCUT2D eigenvalue weighted by molar-refractivity contribution is 7.80. The molecule has 0 bridgehead atoms. The summed E-state index contributed by atoms with van der Waals surface area (Å²) in [7, 11) is -1.31. The maximum Gasteiger partial charge on any atom is 0.150 e. The largest absolute Gasteiger partial charge is 0.179 e. The first-order valence-corrected chi connectivity index (χ1v) is 25.7. The van der Waals surface area contributed by atoms with E-state index in [0.717, 1.165) is 5.75 Å². The predicted octanol–water partition coefficient (Wildman–Crippen LogP) is 16.8. The molecule has 0 atom stereocenters. The maximum atomic E-state index is 6.40. The van der Waals surface area contributed by atoms with Crippen LogP contribution in [0.4, 0.5) is 0 Å². The molecular weight excluding hydrogens is 588 g/mol. The van der Waals surface area contributed by atoms with Gasteiger partial charge in [-0.25, -0.2) is 0 Å². The lowest BCUT2D eigenvalue weighted by Crippen LogP contribution is -2.14. The fourth-order valence-electron chi connectivity index (χ4n) is 6.84. The summed E-state index contributed by atoms with van der Waals surface area (Å²) in [6.45, 7) is 4.55. The van der Waals surface area contributed by atoms with E-state index in [1.807, 2.05) is 0 Å². The molecule has 0 rings (SSSR count). The van der Waals surface area contributed by atoms with Gasteiger partial charge in [0.1, 0.15) is 7.38 Å². The molecule has 0 heterocycles. The van der Waals surface area contributed by atoms with Crippen LogP contribution in [0.1, 0.15) is 238 Å². The molecule has 0 radical (unpaired) electrons. The molecule has 0 aromatic rings. The molecule has 0 unspecified atom stereocenters. The van der Waals surface area contributed by atoms with Crippen molar-refractivity contribution in [2.75, 3.05) is 5.75 Å². The van der Waals surface area contributed by atoms with Gasteiger partial charge in [-0.3, -0.25) is 0 Å². The van der Waals surface area contributed by atoms with E-state index < -0.39 is 7.38 Å². The average Bonchev–Trinajstić information content (AvgIpc) is 3.00. The van der Waals surface area contributed by atoms with Gasteiger partial charge in [-0.05, 0) is 18.2 Å². The Bertz CT molecular complexity index is 505. The first-order valence-electron chi connectivity index (χ1n) is 20.9.